The fraction of sp³-hybridized carbons (Fsp3) is 0.200. The van der Waals surface area contributed by atoms with Gasteiger partial charge in [-0.25, -0.2) is 9.37 Å². The van der Waals surface area contributed by atoms with Gasteiger partial charge in [0.05, 0.1) is 47.6 Å². The first-order chi connectivity index (χ1) is 20.1. The predicted octanol–water partition coefficient (Wildman–Crippen LogP) is 5.90. The minimum atomic E-state index is -0.427. The molecule has 0 bridgehead atoms. The van der Waals surface area contributed by atoms with Gasteiger partial charge < -0.3 is 15.0 Å². The third kappa shape index (κ3) is 4.65. The zero-order valence-corrected chi connectivity index (χ0v) is 22.1. The lowest BCUT2D eigenvalue weighted by atomic mass is 10.1. The van der Waals surface area contributed by atoms with Gasteiger partial charge >= 0.3 is 0 Å². The molecule has 0 saturated heterocycles. The number of fused-ring (bicyclic) bond motifs is 2. The fourth-order valence-electron chi connectivity index (χ4n) is 5.41. The van der Waals surface area contributed by atoms with E-state index in [1.165, 1.54) is 19.2 Å². The fourth-order valence-corrected chi connectivity index (χ4v) is 5.41. The standard InChI is InChI=1S/C30H25FN8O2/c1-41-21-10-17(8-19(31)11-21)26-28-23(6-7-33-26)36-29(37-28)27-22-12-24(34-15-25(22)38-39-27)18-9-20(14-32-13-18)35-30(40)16-4-2-3-5-16/h6-16H,2-5H2,1H3,(H,35,40)(H,36,37)(H,38,39). The first kappa shape index (κ1) is 24.8. The number of carbonyl (C=O) groups excluding carboxylic acids is 1. The first-order valence-electron chi connectivity index (χ1n) is 13.4. The summed E-state index contributed by atoms with van der Waals surface area (Å²) >= 11 is 0. The molecule has 0 atom stereocenters. The number of pyridine rings is 3. The van der Waals surface area contributed by atoms with Crippen LogP contribution in [-0.4, -0.2) is 48.1 Å². The van der Waals surface area contributed by atoms with Crippen LogP contribution in [0.15, 0.2) is 61.2 Å². The molecule has 11 heteroatoms. The maximum absolute atomic E-state index is 14.3. The highest BCUT2D eigenvalue weighted by atomic mass is 19.1. The Hall–Kier alpha value is -5.19. The summed E-state index contributed by atoms with van der Waals surface area (Å²) in [6.07, 6.45) is 10.8. The molecule has 5 aromatic heterocycles. The monoisotopic (exact) mass is 548 g/mol. The van der Waals surface area contributed by atoms with Crippen molar-refractivity contribution in [1.29, 1.82) is 0 Å². The van der Waals surface area contributed by atoms with E-state index in [4.69, 9.17) is 9.72 Å². The van der Waals surface area contributed by atoms with Crippen LogP contribution in [0.25, 0.3) is 56.0 Å². The van der Waals surface area contributed by atoms with E-state index in [0.717, 1.165) is 47.7 Å². The molecule has 10 nitrogen and oxygen atoms in total. The van der Waals surface area contributed by atoms with E-state index in [-0.39, 0.29) is 11.8 Å². The average Bonchev–Trinajstić information content (AvgIpc) is 3.76. The van der Waals surface area contributed by atoms with Gasteiger partial charge in [0.15, 0.2) is 5.82 Å². The van der Waals surface area contributed by atoms with E-state index in [1.807, 2.05) is 18.2 Å². The summed E-state index contributed by atoms with van der Waals surface area (Å²) in [5.41, 5.74) is 5.79. The largest absolute Gasteiger partial charge is 0.497 e. The minimum Gasteiger partial charge on any atom is -0.497 e. The molecule has 3 N–H and O–H groups in total. The van der Waals surface area contributed by atoms with Crippen molar-refractivity contribution < 1.29 is 13.9 Å². The quantitative estimate of drug-likeness (QED) is 0.236. The van der Waals surface area contributed by atoms with Crippen molar-refractivity contribution in [3.05, 3.63) is 67.0 Å². The highest BCUT2D eigenvalue weighted by Gasteiger charge is 2.23. The Morgan fingerprint density at radius 1 is 1.00 bits per heavy atom. The highest BCUT2D eigenvalue weighted by Crippen LogP contribution is 2.33. The third-order valence-electron chi connectivity index (χ3n) is 7.48. The number of halogens is 1. The lowest BCUT2D eigenvalue weighted by molar-refractivity contribution is -0.119. The molecule has 1 aliphatic rings. The normalized spacial score (nSPS) is 13.7. The van der Waals surface area contributed by atoms with Gasteiger partial charge in [-0.3, -0.25) is 24.8 Å². The van der Waals surface area contributed by atoms with Crippen molar-refractivity contribution in [2.45, 2.75) is 25.7 Å². The van der Waals surface area contributed by atoms with E-state index >= 15 is 0 Å². The molecule has 1 aromatic carbocycles. The number of imidazole rings is 1. The minimum absolute atomic E-state index is 0.0393. The lowest BCUT2D eigenvalue weighted by Gasteiger charge is -2.11. The summed E-state index contributed by atoms with van der Waals surface area (Å²) < 4.78 is 19.5. The number of carbonyl (C=O) groups is 1. The molecule has 6 aromatic rings. The van der Waals surface area contributed by atoms with E-state index in [2.05, 4.69) is 35.5 Å². The molecule has 204 valence electrons. The number of ether oxygens (including phenoxy) is 1. The topological polar surface area (TPSA) is 134 Å². The van der Waals surface area contributed by atoms with Crippen LogP contribution in [0.1, 0.15) is 25.7 Å². The molecule has 1 amide bonds. The van der Waals surface area contributed by atoms with Gasteiger partial charge in [0.1, 0.15) is 22.8 Å². The van der Waals surface area contributed by atoms with Crippen molar-refractivity contribution in [2.75, 3.05) is 12.4 Å². The lowest BCUT2D eigenvalue weighted by Crippen LogP contribution is -2.20. The number of hydrogen-bond donors (Lipinski definition) is 3. The molecular weight excluding hydrogens is 523 g/mol. The molecule has 1 fully saturated rings. The average molecular weight is 549 g/mol. The van der Waals surface area contributed by atoms with Crippen LogP contribution in [0.2, 0.25) is 0 Å². The summed E-state index contributed by atoms with van der Waals surface area (Å²) in [5, 5.41) is 11.3. The van der Waals surface area contributed by atoms with Crippen LogP contribution in [-0.2, 0) is 4.79 Å². The molecule has 0 spiro atoms. The maximum atomic E-state index is 14.3. The molecule has 41 heavy (non-hydrogen) atoms. The van der Waals surface area contributed by atoms with Crippen LogP contribution in [0.5, 0.6) is 5.75 Å². The highest BCUT2D eigenvalue weighted by molar-refractivity contribution is 5.97. The second-order valence-electron chi connectivity index (χ2n) is 10.1. The maximum Gasteiger partial charge on any atom is 0.227 e. The number of anilines is 1. The zero-order chi connectivity index (χ0) is 27.9. The zero-order valence-electron chi connectivity index (χ0n) is 22.1. The Morgan fingerprint density at radius 2 is 1.88 bits per heavy atom. The van der Waals surface area contributed by atoms with E-state index < -0.39 is 5.82 Å². The second-order valence-corrected chi connectivity index (χ2v) is 10.1. The van der Waals surface area contributed by atoms with Crippen LogP contribution < -0.4 is 10.1 Å². The number of methoxy groups -OCH3 is 1. The Bertz CT molecular complexity index is 1930. The van der Waals surface area contributed by atoms with Crippen molar-refractivity contribution in [3.63, 3.8) is 0 Å². The number of nitrogens with one attached hydrogen (secondary N) is 3. The number of amides is 1. The first-order valence-corrected chi connectivity index (χ1v) is 13.4. The van der Waals surface area contributed by atoms with Crippen molar-refractivity contribution in [1.82, 2.24) is 35.1 Å². The number of aromatic nitrogens is 7. The van der Waals surface area contributed by atoms with Crippen molar-refractivity contribution >= 4 is 33.5 Å². The molecule has 5 heterocycles. The van der Waals surface area contributed by atoms with Crippen molar-refractivity contribution in [2.24, 2.45) is 5.92 Å². The number of nitrogens with zero attached hydrogens (tertiary/aromatic N) is 5. The van der Waals surface area contributed by atoms with Crippen LogP contribution in [0.4, 0.5) is 10.1 Å². The Labute approximate surface area is 233 Å². The van der Waals surface area contributed by atoms with Crippen LogP contribution in [0.3, 0.4) is 0 Å². The molecule has 0 unspecified atom stereocenters. The molecule has 0 aliphatic heterocycles. The van der Waals surface area contributed by atoms with Gasteiger partial charge in [-0.2, -0.15) is 5.10 Å². The second kappa shape index (κ2) is 10.1. The number of rotatable bonds is 6. The Kier molecular flexibility index (Phi) is 6.11. The van der Waals surface area contributed by atoms with Gasteiger partial charge in [0.25, 0.3) is 0 Å². The summed E-state index contributed by atoms with van der Waals surface area (Å²) in [6.45, 7) is 0. The van der Waals surface area contributed by atoms with Crippen LogP contribution >= 0.6 is 0 Å². The van der Waals surface area contributed by atoms with Gasteiger partial charge in [-0.1, -0.05) is 12.8 Å². The van der Waals surface area contributed by atoms with Gasteiger partial charge in [0, 0.05) is 40.9 Å². The smallest absolute Gasteiger partial charge is 0.227 e. The van der Waals surface area contributed by atoms with Crippen LogP contribution in [0, 0.1) is 11.7 Å². The number of H-pyrrole nitrogens is 2. The molecular formula is C30H25FN8O2. The summed E-state index contributed by atoms with van der Waals surface area (Å²) in [7, 11) is 1.49. The molecule has 0 radical (unpaired) electrons. The summed E-state index contributed by atoms with van der Waals surface area (Å²) in [6, 6.07) is 10.0. The number of benzene rings is 1. The summed E-state index contributed by atoms with van der Waals surface area (Å²) in [5.74, 6) is 0.590. The van der Waals surface area contributed by atoms with Crippen molar-refractivity contribution in [3.8, 4) is 39.8 Å². The van der Waals surface area contributed by atoms with Gasteiger partial charge in [0.2, 0.25) is 5.91 Å². The SMILES string of the molecule is COc1cc(F)cc(-c2nccc3[nH]c(-c4n[nH]c5cnc(-c6cncc(NC(=O)C7CCCC7)c6)cc45)nc23)c1. The van der Waals surface area contributed by atoms with E-state index in [0.29, 0.717) is 45.4 Å². The Balaban J connectivity index is 1.25. The molecule has 1 aliphatic carbocycles. The Morgan fingerprint density at radius 3 is 2.73 bits per heavy atom. The van der Waals surface area contributed by atoms with E-state index in [1.54, 1.807) is 30.9 Å². The van der Waals surface area contributed by atoms with Gasteiger partial charge in [-0.15, -0.1) is 0 Å². The number of aromatic amines is 2. The summed E-state index contributed by atoms with van der Waals surface area (Å²) in [4.78, 5) is 34.2. The predicted molar refractivity (Wildman–Crippen MR) is 153 cm³/mol. The number of hydrogen-bond acceptors (Lipinski definition) is 7. The van der Waals surface area contributed by atoms with Gasteiger partial charge in [-0.05, 0) is 43.2 Å². The molecule has 1 saturated carbocycles. The third-order valence-corrected chi connectivity index (χ3v) is 7.48. The molecule has 7 rings (SSSR count). The van der Waals surface area contributed by atoms with E-state index in [9.17, 15) is 9.18 Å².